The van der Waals surface area contributed by atoms with Crippen molar-refractivity contribution in [3.05, 3.63) is 41.2 Å². The van der Waals surface area contributed by atoms with E-state index in [9.17, 15) is 13.2 Å². The molecule has 0 saturated carbocycles. The van der Waals surface area contributed by atoms with Gasteiger partial charge in [0, 0.05) is 31.1 Å². The summed E-state index contributed by atoms with van der Waals surface area (Å²) in [6, 6.07) is 7.67. The zero-order valence-electron chi connectivity index (χ0n) is 17.7. The lowest BCUT2D eigenvalue weighted by molar-refractivity contribution is 0.0743. The first kappa shape index (κ1) is 21.2. The molecule has 2 aliphatic heterocycles. The normalized spacial score (nSPS) is 21.2. The number of aryl methyl sites for hydroxylation is 1. The number of carbonyl (C=O) groups is 1. The molecule has 1 aromatic heterocycles. The average molecular weight is 449 g/mol. The minimum absolute atomic E-state index is 0.0756. The molecule has 4 rings (SSSR count). The fourth-order valence-corrected chi connectivity index (χ4v) is 6.84. The fraction of sp³-hybridized carbons (Fsp3) is 0.524. The number of thioether (sulfide) groups is 1. The number of hydrogen-bond acceptors (Lipinski definition) is 6. The highest BCUT2D eigenvalue weighted by Crippen LogP contribution is 2.32. The lowest BCUT2D eigenvalue weighted by Gasteiger charge is -2.36. The number of aromatic nitrogens is 2. The Kier molecular flexibility index (Phi) is 5.85. The molecule has 0 aliphatic carbocycles. The van der Waals surface area contributed by atoms with Gasteiger partial charge in [-0.25, -0.2) is 8.42 Å². The molecule has 2 aromatic rings. The minimum atomic E-state index is -2.96. The van der Waals surface area contributed by atoms with Crippen molar-refractivity contribution in [2.45, 2.75) is 31.2 Å². The average Bonchev–Trinajstić information content (AvgIpc) is 3.25. The van der Waals surface area contributed by atoms with E-state index in [0.717, 1.165) is 40.6 Å². The summed E-state index contributed by atoms with van der Waals surface area (Å²) in [4.78, 5) is 18.2. The molecule has 30 heavy (non-hydrogen) atoms. The van der Waals surface area contributed by atoms with Gasteiger partial charge in [-0.05, 0) is 38.7 Å². The molecule has 0 N–H and O–H groups in total. The predicted molar refractivity (Wildman–Crippen MR) is 120 cm³/mol. The van der Waals surface area contributed by atoms with Gasteiger partial charge in [0.2, 0.25) is 0 Å². The predicted octanol–water partition coefficient (Wildman–Crippen LogP) is 2.54. The van der Waals surface area contributed by atoms with Gasteiger partial charge in [0.05, 0.1) is 40.2 Å². The van der Waals surface area contributed by atoms with Crippen LogP contribution < -0.4 is 4.90 Å². The van der Waals surface area contributed by atoms with Crippen LogP contribution in [0.2, 0.25) is 0 Å². The van der Waals surface area contributed by atoms with Crippen molar-refractivity contribution in [1.29, 1.82) is 0 Å². The Hall–Kier alpha value is -2.00. The summed E-state index contributed by atoms with van der Waals surface area (Å²) in [7, 11) is -2.96. The van der Waals surface area contributed by atoms with Crippen molar-refractivity contribution in [1.82, 2.24) is 14.7 Å². The number of anilines is 1. The number of amides is 1. The number of hydrogen-bond donors (Lipinski definition) is 0. The summed E-state index contributed by atoms with van der Waals surface area (Å²) in [5.41, 5.74) is 3.78. The largest absolute Gasteiger partial charge is 0.365 e. The zero-order chi connectivity index (χ0) is 21.5. The van der Waals surface area contributed by atoms with Crippen LogP contribution in [0.3, 0.4) is 0 Å². The highest BCUT2D eigenvalue weighted by molar-refractivity contribution is 7.98. The van der Waals surface area contributed by atoms with Gasteiger partial charge in [0.15, 0.2) is 9.84 Å². The van der Waals surface area contributed by atoms with E-state index in [2.05, 4.69) is 10.00 Å². The van der Waals surface area contributed by atoms with Crippen molar-refractivity contribution in [2.75, 3.05) is 48.8 Å². The number of piperazine rings is 1. The SMILES string of the molecule is CSc1ccccc1C(=O)N1CCN(c2c(C)nn([C@@H]3CCS(=O)(=O)C3)c2C)CC1. The lowest BCUT2D eigenvalue weighted by Crippen LogP contribution is -2.49. The van der Waals surface area contributed by atoms with E-state index < -0.39 is 9.84 Å². The van der Waals surface area contributed by atoms with E-state index >= 15 is 0 Å². The second-order valence-corrected chi connectivity index (χ2v) is 11.1. The van der Waals surface area contributed by atoms with Gasteiger partial charge in [-0.3, -0.25) is 9.48 Å². The Balaban J connectivity index is 1.48. The van der Waals surface area contributed by atoms with Gasteiger partial charge in [-0.15, -0.1) is 11.8 Å². The molecule has 162 valence electrons. The van der Waals surface area contributed by atoms with Crippen molar-refractivity contribution in [3.63, 3.8) is 0 Å². The molecule has 0 spiro atoms. The van der Waals surface area contributed by atoms with Crippen molar-refractivity contribution in [2.24, 2.45) is 0 Å². The highest BCUT2D eigenvalue weighted by atomic mass is 32.2. The molecule has 0 radical (unpaired) electrons. The van der Waals surface area contributed by atoms with Crippen LogP contribution in [0.4, 0.5) is 5.69 Å². The second-order valence-electron chi connectivity index (χ2n) is 8.00. The fourth-order valence-electron chi connectivity index (χ4n) is 4.56. The third-order valence-electron chi connectivity index (χ3n) is 6.06. The first-order valence-corrected chi connectivity index (χ1v) is 13.3. The van der Waals surface area contributed by atoms with Crippen molar-refractivity contribution >= 4 is 33.2 Å². The number of benzene rings is 1. The molecule has 0 unspecified atom stereocenters. The summed E-state index contributed by atoms with van der Waals surface area (Å²) in [6.45, 7) is 6.79. The lowest BCUT2D eigenvalue weighted by atomic mass is 10.1. The Bertz CT molecular complexity index is 1060. The molecule has 2 fully saturated rings. The maximum Gasteiger partial charge on any atom is 0.255 e. The van der Waals surface area contributed by atoms with Gasteiger partial charge in [-0.1, -0.05) is 12.1 Å². The number of carbonyl (C=O) groups excluding carboxylic acids is 1. The second kappa shape index (κ2) is 8.26. The summed E-state index contributed by atoms with van der Waals surface area (Å²) < 4.78 is 25.7. The zero-order valence-corrected chi connectivity index (χ0v) is 19.3. The smallest absolute Gasteiger partial charge is 0.255 e. The van der Waals surface area contributed by atoms with Crippen LogP contribution >= 0.6 is 11.8 Å². The maximum atomic E-state index is 13.0. The van der Waals surface area contributed by atoms with E-state index in [1.807, 2.05) is 54.0 Å². The summed E-state index contributed by atoms with van der Waals surface area (Å²) in [6.07, 6.45) is 2.61. The molecule has 2 aliphatic rings. The molecular formula is C21H28N4O3S2. The van der Waals surface area contributed by atoms with E-state index in [4.69, 9.17) is 0 Å². The Morgan fingerprint density at radius 3 is 2.47 bits per heavy atom. The van der Waals surface area contributed by atoms with Gasteiger partial charge in [0.1, 0.15) is 0 Å². The highest BCUT2D eigenvalue weighted by Gasteiger charge is 2.33. The Labute approximate surface area is 182 Å². The molecule has 9 heteroatoms. The molecule has 1 atom stereocenters. The van der Waals surface area contributed by atoms with Crippen LogP contribution in [0.1, 0.15) is 34.2 Å². The molecular weight excluding hydrogens is 420 g/mol. The summed E-state index contributed by atoms with van der Waals surface area (Å²) in [5, 5.41) is 4.68. The minimum Gasteiger partial charge on any atom is -0.365 e. The van der Waals surface area contributed by atoms with Crippen LogP contribution in [0.5, 0.6) is 0 Å². The van der Waals surface area contributed by atoms with E-state index in [1.165, 1.54) is 0 Å². The third kappa shape index (κ3) is 3.97. The van der Waals surface area contributed by atoms with Crippen LogP contribution in [0, 0.1) is 13.8 Å². The van der Waals surface area contributed by atoms with Crippen LogP contribution in [0.15, 0.2) is 29.2 Å². The molecule has 1 aromatic carbocycles. The standard InChI is InChI=1S/C21H28N4O3S2/c1-15-20(16(2)25(22-15)17-8-13-30(27,28)14-17)23-9-11-24(12-10-23)21(26)18-6-4-5-7-19(18)29-3/h4-7,17H,8-14H2,1-3H3/t17-/m1/s1. The Morgan fingerprint density at radius 2 is 1.83 bits per heavy atom. The molecule has 3 heterocycles. The summed E-state index contributed by atoms with van der Waals surface area (Å²) in [5.74, 6) is 0.495. The number of rotatable bonds is 4. The van der Waals surface area contributed by atoms with Crippen LogP contribution in [-0.2, 0) is 9.84 Å². The van der Waals surface area contributed by atoms with Gasteiger partial charge in [0.25, 0.3) is 5.91 Å². The first-order valence-electron chi connectivity index (χ1n) is 10.2. The molecule has 1 amide bonds. The van der Waals surface area contributed by atoms with Gasteiger partial charge < -0.3 is 9.80 Å². The molecule has 0 bridgehead atoms. The maximum absolute atomic E-state index is 13.0. The van der Waals surface area contributed by atoms with E-state index in [0.29, 0.717) is 19.5 Å². The third-order valence-corrected chi connectivity index (χ3v) is 8.61. The van der Waals surface area contributed by atoms with Crippen molar-refractivity contribution in [3.8, 4) is 0 Å². The quantitative estimate of drug-likeness (QED) is 0.669. The van der Waals surface area contributed by atoms with Gasteiger partial charge in [-0.2, -0.15) is 5.10 Å². The Morgan fingerprint density at radius 1 is 1.13 bits per heavy atom. The summed E-state index contributed by atoms with van der Waals surface area (Å²) >= 11 is 1.59. The monoisotopic (exact) mass is 448 g/mol. The van der Waals surface area contributed by atoms with Gasteiger partial charge >= 0.3 is 0 Å². The van der Waals surface area contributed by atoms with Crippen LogP contribution in [0.25, 0.3) is 0 Å². The first-order chi connectivity index (χ1) is 14.3. The van der Waals surface area contributed by atoms with E-state index in [1.54, 1.807) is 11.8 Å². The van der Waals surface area contributed by atoms with E-state index in [-0.39, 0.29) is 23.5 Å². The van der Waals surface area contributed by atoms with Crippen LogP contribution in [-0.4, -0.2) is 72.9 Å². The molecule has 2 saturated heterocycles. The number of sulfone groups is 1. The topological polar surface area (TPSA) is 75.5 Å². The van der Waals surface area contributed by atoms with Crippen molar-refractivity contribution < 1.29 is 13.2 Å². The number of nitrogens with zero attached hydrogens (tertiary/aromatic N) is 4. The molecule has 7 nitrogen and oxygen atoms in total.